The first-order valence-electron chi connectivity index (χ1n) is 15.0. The lowest BCUT2D eigenvalue weighted by Crippen LogP contribution is -2.77. The molecule has 0 aromatic carbocycles. The van der Waals surface area contributed by atoms with Crippen molar-refractivity contribution >= 4 is 0 Å². The summed E-state index contributed by atoms with van der Waals surface area (Å²) < 4.78 is 13.1. The number of hydrogen-bond donors (Lipinski definition) is 6. The summed E-state index contributed by atoms with van der Waals surface area (Å²) in [5.74, 6) is -1.70. The van der Waals surface area contributed by atoms with Crippen LogP contribution in [-0.4, -0.2) is 85.3 Å². The Labute approximate surface area is 227 Å². The Morgan fingerprint density at radius 3 is 2.13 bits per heavy atom. The third kappa shape index (κ3) is 3.99. The van der Waals surface area contributed by atoms with Crippen LogP contribution < -0.4 is 0 Å². The fraction of sp³-hybridized carbons (Fsp3) is 1.00. The molecule has 0 radical (unpaired) electrons. The van der Waals surface area contributed by atoms with Crippen molar-refractivity contribution in [2.24, 2.45) is 46.3 Å². The van der Waals surface area contributed by atoms with E-state index in [0.717, 1.165) is 25.7 Å². The fourth-order valence-corrected chi connectivity index (χ4v) is 10.5. The van der Waals surface area contributed by atoms with Crippen molar-refractivity contribution in [3.8, 4) is 0 Å². The molecule has 1 heterocycles. The molecule has 4 saturated carbocycles. The van der Waals surface area contributed by atoms with Crippen LogP contribution in [0.15, 0.2) is 0 Å². The van der Waals surface area contributed by atoms with Crippen LogP contribution in [0.4, 0.5) is 0 Å². The Hall–Kier alpha value is -0.320. The van der Waals surface area contributed by atoms with E-state index in [1.807, 2.05) is 20.8 Å². The molecule has 5 rings (SSSR count). The number of aliphatic hydroxyl groups excluding tert-OH is 5. The monoisotopic (exact) mass is 540 g/mol. The molecule has 0 amide bonds. The molecule has 8 heteroatoms. The maximum absolute atomic E-state index is 12.8. The highest BCUT2D eigenvalue weighted by molar-refractivity contribution is 5.26. The Balaban J connectivity index is 1.53. The van der Waals surface area contributed by atoms with Crippen LogP contribution in [0.2, 0.25) is 0 Å². The first kappa shape index (κ1) is 29.2. The molecule has 0 bridgehead atoms. The minimum Gasteiger partial charge on any atom is -0.396 e. The van der Waals surface area contributed by atoms with Crippen LogP contribution in [0.1, 0.15) is 86.5 Å². The van der Waals surface area contributed by atoms with Gasteiger partial charge in [-0.15, -0.1) is 0 Å². The highest BCUT2D eigenvalue weighted by Crippen LogP contribution is 2.71. The second kappa shape index (κ2) is 9.62. The molecule has 15 atom stereocenters. The molecule has 5 aliphatic rings. The normalized spacial score (nSPS) is 54.9. The summed E-state index contributed by atoms with van der Waals surface area (Å²) in [6.45, 7) is 12.5. The Kier molecular flexibility index (Phi) is 7.39. The van der Waals surface area contributed by atoms with Crippen LogP contribution in [0.5, 0.6) is 0 Å². The van der Waals surface area contributed by atoms with Crippen LogP contribution in [-0.2, 0) is 9.47 Å². The van der Waals surface area contributed by atoms with Gasteiger partial charge in [0.1, 0.15) is 11.7 Å². The smallest absolute Gasteiger partial charge is 0.163 e. The van der Waals surface area contributed by atoms with Gasteiger partial charge in [0.2, 0.25) is 0 Å². The van der Waals surface area contributed by atoms with Gasteiger partial charge < -0.3 is 40.1 Å². The molecule has 38 heavy (non-hydrogen) atoms. The maximum atomic E-state index is 12.8. The van der Waals surface area contributed by atoms with Gasteiger partial charge in [-0.1, -0.05) is 40.5 Å². The molecule has 0 spiro atoms. The van der Waals surface area contributed by atoms with Gasteiger partial charge in [0, 0.05) is 18.4 Å². The summed E-state index contributed by atoms with van der Waals surface area (Å²) in [4.78, 5) is 0. The molecule has 1 aliphatic heterocycles. The lowest BCUT2D eigenvalue weighted by Gasteiger charge is -2.68. The Morgan fingerprint density at radius 2 is 1.47 bits per heavy atom. The van der Waals surface area contributed by atoms with Crippen molar-refractivity contribution in [1.82, 2.24) is 0 Å². The van der Waals surface area contributed by atoms with Crippen molar-refractivity contribution in [3.63, 3.8) is 0 Å². The predicted molar refractivity (Wildman–Crippen MR) is 141 cm³/mol. The van der Waals surface area contributed by atoms with Crippen molar-refractivity contribution in [2.45, 2.75) is 135 Å². The number of ether oxygens (including phenoxy) is 2. The molecular weight excluding hydrogens is 488 g/mol. The topological polar surface area (TPSA) is 140 Å². The molecule has 4 aliphatic carbocycles. The summed E-state index contributed by atoms with van der Waals surface area (Å²) in [7, 11) is 0. The van der Waals surface area contributed by atoms with E-state index in [-0.39, 0.29) is 41.8 Å². The van der Waals surface area contributed by atoms with Crippen LogP contribution in [0, 0.1) is 46.3 Å². The zero-order chi connectivity index (χ0) is 28.0. The van der Waals surface area contributed by atoms with E-state index in [2.05, 4.69) is 20.8 Å². The maximum Gasteiger partial charge on any atom is 0.163 e. The predicted octanol–water partition coefficient (Wildman–Crippen LogP) is 2.21. The van der Waals surface area contributed by atoms with Gasteiger partial charge >= 0.3 is 0 Å². The standard InChI is InChI=1S/C30H52O8/c1-15(14-31)8-7-9-16(2)19-23-24(38-27(3,4)37-23)25-29(19,6)13-11-18-28(5)12-10-17(32)21(33)20(28)22(34)26(35)30(18,25)36/h15-26,31-36H,7-14H2,1-6H3. The van der Waals surface area contributed by atoms with Gasteiger partial charge in [0.25, 0.3) is 0 Å². The average molecular weight is 541 g/mol. The van der Waals surface area contributed by atoms with E-state index >= 15 is 0 Å². The van der Waals surface area contributed by atoms with E-state index in [9.17, 15) is 30.6 Å². The van der Waals surface area contributed by atoms with Crippen LogP contribution in [0.3, 0.4) is 0 Å². The number of hydrogen-bond acceptors (Lipinski definition) is 8. The molecule has 1 saturated heterocycles. The molecule has 220 valence electrons. The number of rotatable bonds is 6. The van der Waals surface area contributed by atoms with Gasteiger partial charge in [-0.2, -0.15) is 0 Å². The highest BCUT2D eigenvalue weighted by atomic mass is 16.8. The molecule has 0 aromatic rings. The Morgan fingerprint density at radius 1 is 0.842 bits per heavy atom. The summed E-state index contributed by atoms with van der Waals surface area (Å²) in [6.07, 6.45) is -0.203. The van der Waals surface area contributed by atoms with E-state index in [0.29, 0.717) is 19.3 Å². The quantitative estimate of drug-likeness (QED) is 0.301. The van der Waals surface area contributed by atoms with E-state index in [4.69, 9.17) is 9.47 Å². The van der Waals surface area contributed by atoms with Gasteiger partial charge in [-0.3, -0.25) is 0 Å². The minimum atomic E-state index is -1.62. The number of fused-ring (bicyclic) bond motifs is 7. The first-order valence-corrected chi connectivity index (χ1v) is 15.0. The van der Waals surface area contributed by atoms with E-state index in [1.165, 1.54) is 0 Å². The van der Waals surface area contributed by atoms with Crippen molar-refractivity contribution < 1.29 is 40.1 Å². The second-order valence-corrected chi connectivity index (χ2v) is 14.8. The summed E-state index contributed by atoms with van der Waals surface area (Å²) in [5, 5.41) is 66.9. The number of aliphatic hydroxyl groups is 6. The zero-order valence-corrected chi connectivity index (χ0v) is 24.1. The van der Waals surface area contributed by atoms with E-state index < -0.39 is 59.2 Å². The second-order valence-electron chi connectivity index (χ2n) is 14.8. The van der Waals surface area contributed by atoms with Gasteiger partial charge in [0.15, 0.2) is 5.79 Å². The van der Waals surface area contributed by atoms with Crippen molar-refractivity contribution in [1.29, 1.82) is 0 Å². The van der Waals surface area contributed by atoms with E-state index in [1.54, 1.807) is 0 Å². The summed E-state index contributed by atoms with van der Waals surface area (Å²) in [5.41, 5.74) is -2.63. The van der Waals surface area contributed by atoms with Gasteiger partial charge in [0.05, 0.1) is 30.5 Å². The molecule has 8 nitrogen and oxygen atoms in total. The average Bonchev–Trinajstić information content (AvgIpc) is 3.26. The summed E-state index contributed by atoms with van der Waals surface area (Å²) >= 11 is 0. The van der Waals surface area contributed by atoms with Crippen LogP contribution in [0.25, 0.3) is 0 Å². The lowest BCUT2D eigenvalue weighted by molar-refractivity contribution is -0.327. The van der Waals surface area contributed by atoms with Crippen LogP contribution >= 0.6 is 0 Å². The summed E-state index contributed by atoms with van der Waals surface area (Å²) in [6, 6.07) is 0. The molecule has 6 N–H and O–H groups in total. The van der Waals surface area contributed by atoms with Crippen molar-refractivity contribution in [3.05, 3.63) is 0 Å². The van der Waals surface area contributed by atoms with Crippen molar-refractivity contribution in [2.75, 3.05) is 6.61 Å². The Bertz CT molecular complexity index is 882. The van der Waals surface area contributed by atoms with Gasteiger partial charge in [-0.05, 0) is 80.5 Å². The third-order valence-electron chi connectivity index (χ3n) is 12.1. The largest absolute Gasteiger partial charge is 0.396 e. The van der Waals surface area contributed by atoms with Gasteiger partial charge in [-0.25, -0.2) is 0 Å². The fourth-order valence-electron chi connectivity index (χ4n) is 10.5. The first-order chi connectivity index (χ1) is 17.6. The molecule has 5 fully saturated rings. The third-order valence-corrected chi connectivity index (χ3v) is 12.1. The highest BCUT2D eigenvalue weighted by Gasteiger charge is 2.78. The zero-order valence-electron chi connectivity index (χ0n) is 24.1. The minimum absolute atomic E-state index is 0.0994. The molecular formula is C30H52O8. The lowest BCUT2D eigenvalue weighted by atomic mass is 9.40. The molecule has 15 unspecified atom stereocenters. The molecule has 0 aromatic heterocycles. The SMILES string of the molecule is CC(CO)CCCC(C)C1C2OC(C)(C)OC2C2C1(C)CCC1C3(C)CCC(O)C(O)C3C(O)C(O)C12O.